The smallest absolute Gasteiger partial charge is 0.274 e. The quantitative estimate of drug-likeness (QED) is 0.837. The summed E-state index contributed by atoms with van der Waals surface area (Å²) in [5, 5.41) is 0. The number of hydrogen-bond donors (Lipinski definition) is 0. The maximum atomic E-state index is 12.3. The number of rotatable bonds is 4. The van der Waals surface area contributed by atoms with Crippen molar-refractivity contribution in [3.63, 3.8) is 0 Å². The molecule has 0 aromatic carbocycles. The molecule has 2 fully saturated rings. The van der Waals surface area contributed by atoms with E-state index < -0.39 is 0 Å². The first-order valence-corrected chi connectivity index (χ1v) is 7.68. The van der Waals surface area contributed by atoms with E-state index in [1.54, 1.807) is 12.4 Å². The Morgan fingerprint density at radius 2 is 2.19 bits per heavy atom. The lowest BCUT2D eigenvalue weighted by molar-refractivity contribution is 0.0786. The van der Waals surface area contributed by atoms with E-state index >= 15 is 0 Å². The normalized spacial score (nSPS) is 21.8. The fourth-order valence-electron chi connectivity index (χ4n) is 2.91. The molecule has 1 amide bonds. The molecule has 1 atom stereocenters. The zero-order chi connectivity index (χ0) is 14.7. The van der Waals surface area contributed by atoms with Gasteiger partial charge in [0.15, 0.2) is 0 Å². The second kappa shape index (κ2) is 6.39. The molecule has 3 rings (SSSR count). The summed E-state index contributed by atoms with van der Waals surface area (Å²) in [5.74, 6) is 0.725. The highest BCUT2D eigenvalue weighted by Crippen LogP contribution is 2.17. The Labute approximate surface area is 125 Å². The minimum Gasteiger partial charge on any atom is -0.376 e. The Morgan fingerprint density at radius 3 is 2.90 bits per heavy atom. The van der Waals surface area contributed by atoms with Gasteiger partial charge in [-0.3, -0.25) is 9.78 Å². The van der Waals surface area contributed by atoms with Gasteiger partial charge in [-0.1, -0.05) is 0 Å². The van der Waals surface area contributed by atoms with E-state index in [1.807, 2.05) is 16.8 Å². The first-order chi connectivity index (χ1) is 10.2. The number of nitrogens with zero attached hydrogens (tertiary/aromatic N) is 4. The van der Waals surface area contributed by atoms with Crippen LogP contribution in [0.5, 0.6) is 0 Å². The van der Waals surface area contributed by atoms with E-state index in [0.717, 1.165) is 57.7 Å². The van der Waals surface area contributed by atoms with Crippen LogP contribution in [0.15, 0.2) is 12.4 Å². The zero-order valence-corrected chi connectivity index (χ0v) is 12.5. The van der Waals surface area contributed by atoms with E-state index in [1.165, 1.54) is 0 Å². The average Bonchev–Trinajstić information content (AvgIpc) is 3.20. The van der Waals surface area contributed by atoms with Crippen LogP contribution in [-0.2, 0) is 4.74 Å². The van der Waals surface area contributed by atoms with Gasteiger partial charge >= 0.3 is 0 Å². The van der Waals surface area contributed by atoms with Gasteiger partial charge in [0.2, 0.25) is 0 Å². The molecule has 0 aliphatic carbocycles. The number of carbonyl (C=O) groups is 1. The van der Waals surface area contributed by atoms with Gasteiger partial charge in [0.25, 0.3) is 5.91 Å². The molecule has 1 aromatic rings. The van der Waals surface area contributed by atoms with Gasteiger partial charge in [-0.15, -0.1) is 0 Å². The highest BCUT2D eigenvalue weighted by molar-refractivity contribution is 5.92. The van der Waals surface area contributed by atoms with E-state index in [4.69, 9.17) is 4.74 Å². The van der Waals surface area contributed by atoms with Crippen LogP contribution in [0.2, 0.25) is 0 Å². The van der Waals surface area contributed by atoms with Crippen LogP contribution in [0, 0.1) is 0 Å². The van der Waals surface area contributed by atoms with Crippen molar-refractivity contribution in [2.24, 2.45) is 0 Å². The van der Waals surface area contributed by atoms with Gasteiger partial charge < -0.3 is 14.5 Å². The number of carbonyl (C=O) groups excluding carboxylic acids is 1. The largest absolute Gasteiger partial charge is 0.376 e. The predicted octanol–water partition coefficient (Wildman–Crippen LogP) is 1.33. The van der Waals surface area contributed by atoms with Crippen molar-refractivity contribution < 1.29 is 9.53 Å². The lowest BCUT2D eigenvalue weighted by atomic mass is 10.2. The fourth-order valence-corrected chi connectivity index (χ4v) is 2.91. The Hall–Kier alpha value is -1.69. The second-order valence-corrected chi connectivity index (χ2v) is 5.78. The lowest BCUT2D eigenvalue weighted by Crippen LogP contribution is -2.31. The third-order valence-electron chi connectivity index (χ3n) is 4.13. The maximum Gasteiger partial charge on any atom is 0.274 e. The molecule has 0 saturated carbocycles. The number of likely N-dealkylation sites (N-methyl/N-ethyl adjacent to an activating group) is 1. The molecule has 0 bridgehead atoms. The third-order valence-corrected chi connectivity index (χ3v) is 4.13. The zero-order valence-electron chi connectivity index (χ0n) is 12.5. The summed E-state index contributed by atoms with van der Waals surface area (Å²) in [6, 6.07) is 0. The molecule has 0 N–H and O–H groups in total. The van der Waals surface area contributed by atoms with Crippen molar-refractivity contribution in [2.45, 2.75) is 31.8 Å². The summed E-state index contributed by atoms with van der Waals surface area (Å²) in [6.07, 6.45) is 7.90. The van der Waals surface area contributed by atoms with Crippen molar-refractivity contribution in [3.05, 3.63) is 18.1 Å². The summed E-state index contributed by atoms with van der Waals surface area (Å²) in [4.78, 5) is 24.9. The SMILES string of the molecule is CN(C[C@@H]1CCCO1)c1cncc(C(=O)N2CCCC2)n1. The number of amides is 1. The molecule has 0 radical (unpaired) electrons. The van der Waals surface area contributed by atoms with Crippen LogP contribution >= 0.6 is 0 Å². The Balaban J connectivity index is 1.68. The topological polar surface area (TPSA) is 58.6 Å². The van der Waals surface area contributed by atoms with Crippen LogP contribution < -0.4 is 4.90 Å². The molecule has 2 aliphatic rings. The van der Waals surface area contributed by atoms with Gasteiger partial charge in [-0.2, -0.15) is 0 Å². The number of anilines is 1. The molecule has 114 valence electrons. The first kappa shape index (κ1) is 14.3. The highest BCUT2D eigenvalue weighted by atomic mass is 16.5. The molecule has 2 saturated heterocycles. The summed E-state index contributed by atoms with van der Waals surface area (Å²) < 4.78 is 5.64. The lowest BCUT2D eigenvalue weighted by Gasteiger charge is -2.22. The van der Waals surface area contributed by atoms with Crippen LogP contribution in [0.4, 0.5) is 5.82 Å². The van der Waals surface area contributed by atoms with Crippen molar-refractivity contribution in [1.82, 2.24) is 14.9 Å². The number of likely N-dealkylation sites (tertiary alicyclic amines) is 1. The van der Waals surface area contributed by atoms with Gasteiger partial charge in [-0.25, -0.2) is 4.98 Å². The average molecular weight is 290 g/mol. The van der Waals surface area contributed by atoms with Crippen LogP contribution in [0.3, 0.4) is 0 Å². The molecule has 6 heteroatoms. The summed E-state index contributed by atoms with van der Waals surface area (Å²) in [5.41, 5.74) is 0.439. The summed E-state index contributed by atoms with van der Waals surface area (Å²) in [6.45, 7) is 3.29. The van der Waals surface area contributed by atoms with Crippen molar-refractivity contribution in [2.75, 3.05) is 38.2 Å². The highest BCUT2D eigenvalue weighted by Gasteiger charge is 2.22. The van der Waals surface area contributed by atoms with Gasteiger partial charge in [0, 0.05) is 33.3 Å². The molecule has 1 aromatic heterocycles. The van der Waals surface area contributed by atoms with Crippen LogP contribution in [0.1, 0.15) is 36.2 Å². The monoisotopic (exact) mass is 290 g/mol. The standard InChI is InChI=1S/C15H22N4O2/c1-18(11-12-5-4-8-21-12)14-10-16-9-13(17-14)15(20)19-6-2-3-7-19/h9-10,12H,2-8,11H2,1H3/t12-/m0/s1. The van der Waals surface area contributed by atoms with E-state index in [-0.39, 0.29) is 12.0 Å². The van der Waals surface area contributed by atoms with Crippen LogP contribution in [-0.4, -0.2) is 60.2 Å². The Bertz CT molecular complexity index is 496. The van der Waals surface area contributed by atoms with Crippen molar-refractivity contribution in [3.8, 4) is 0 Å². The summed E-state index contributed by atoms with van der Waals surface area (Å²) >= 11 is 0. The Morgan fingerprint density at radius 1 is 1.38 bits per heavy atom. The van der Waals surface area contributed by atoms with Crippen molar-refractivity contribution >= 4 is 11.7 Å². The third kappa shape index (κ3) is 3.32. The number of hydrogen-bond acceptors (Lipinski definition) is 5. The van der Waals surface area contributed by atoms with E-state index in [9.17, 15) is 4.79 Å². The predicted molar refractivity (Wildman–Crippen MR) is 79.4 cm³/mol. The molecule has 21 heavy (non-hydrogen) atoms. The number of aromatic nitrogens is 2. The van der Waals surface area contributed by atoms with E-state index in [0.29, 0.717) is 5.69 Å². The molecule has 2 aliphatic heterocycles. The molecular weight excluding hydrogens is 268 g/mol. The molecule has 0 unspecified atom stereocenters. The van der Waals surface area contributed by atoms with Gasteiger partial charge in [0.1, 0.15) is 11.5 Å². The molecule has 6 nitrogen and oxygen atoms in total. The minimum atomic E-state index is -0.00707. The van der Waals surface area contributed by atoms with Gasteiger partial charge in [-0.05, 0) is 25.7 Å². The first-order valence-electron chi connectivity index (χ1n) is 7.68. The second-order valence-electron chi connectivity index (χ2n) is 5.78. The van der Waals surface area contributed by atoms with Crippen LogP contribution in [0.25, 0.3) is 0 Å². The molecular formula is C15H22N4O2. The maximum absolute atomic E-state index is 12.3. The number of ether oxygens (including phenoxy) is 1. The molecule has 0 spiro atoms. The van der Waals surface area contributed by atoms with Gasteiger partial charge in [0.05, 0.1) is 18.5 Å². The summed E-state index contributed by atoms with van der Waals surface area (Å²) in [7, 11) is 1.97. The molecule has 3 heterocycles. The fraction of sp³-hybridized carbons (Fsp3) is 0.667. The Kier molecular flexibility index (Phi) is 4.34. The van der Waals surface area contributed by atoms with E-state index in [2.05, 4.69) is 9.97 Å². The minimum absolute atomic E-state index is 0.00707. The van der Waals surface area contributed by atoms with Crippen molar-refractivity contribution in [1.29, 1.82) is 0 Å².